The predicted octanol–water partition coefficient (Wildman–Crippen LogP) is 1.81. The number of fused-ring (bicyclic) bond motifs is 1. The Morgan fingerprint density at radius 1 is 1.05 bits per heavy atom. The Hall–Kier alpha value is -1.56. The van der Waals surface area contributed by atoms with E-state index in [2.05, 4.69) is 4.57 Å². The van der Waals surface area contributed by atoms with Crippen LogP contribution in [0.2, 0.25) is 0 Å². The van der Waals surface area contributed by atoms with Gasteiger partial charge in [-0.05, 0) is 24.3 Å². The molecule has 0 saturated carbocycles. The maximum absolute atomic E-state index is 9.45. The highest BCUT2D eigenvalue weighted by Gasteiger charge is 2.09. The first kappa shape index (κ1) is 14.8. The first-order valence-corrected chi connectivity index (χ1v) is 6.64. The Bertz CT molecular complexity index is 550. The third-order valence-electron chi connectivity index (χ3n) is 3.20. The summed E-state index contributed by atoms with van der Waals surface area (Å²) in [4.78, 5) is 0. The van der Waals surface area contributed by atoms with Crippen LogP contribution in [0.3, 0.4) is 0 Å². The predicted molar refractivity (Wildman–Crippen MR) is 77.1 cm³/mol. The summed E-state index contributed by atoms with van der Waals surface area (Å²) in [5.41, 5.74) is 1.95. The minimum Gasteiger partial charge on any atom is -0.491 e. The second-order valence-corrected chi connectivity index (χ2v) is 4.50. The lowest BCUT2D eigenvalue weighted by atomic mass is 10.2. The maximum Gasteiger partial charge on any atom is 0.120 e. The Balaban J connectivity index is 2.24. The molecule has 2 aromatic rings. The van der Waals surface area contributed by atoms with Crippen LogP contribution >= 0.6 is 0 Å². The van der Waals surface area contributed by atoms with Crippen LogP contribution in [0, 0.1) is 0 Å². The van der Waals surface area contributed by atoms with Crippen molar-refractivity contribution in [2.45, 2.75) is 13.2 Å². The van der Waals surface area contributed by atoms with Crippen molar-refractivity contribution < 1.29 is 19.3 Å². The van der Waals surface area contributed by atoms with E-state index in [9.17, 15) is 5.11 Å². The number of benzene rings is 1. The highest BCUT2D eigenvalue weighted by atomic mass is 16.5. The lowest BCUT2D eigenvalue weighted by Gasteiger charge is -2.09. The van der Waals surface area contributed by atoms with Gasteiger partial charge < -0.3 is 23.9 Å². The molecule has 0 aliphatic carbocycles. The minimum absolute atomic E-state index is 0.0122. The van der Waals surface area contributed by atoms with E-state index < -0.39 is 0 Å². The Morgan fingerprint density at radius 2 is 1.85 bits per heavy atom. The van der Waals surface area contributed by atoms with Gasteiger partial charge in [0.1, 0.15) is 12.4 Å². The highest BCUT2D eigenvalue weighted by Crippen LogP contribution is 2.25. The van der Waals surface area contributed by atoms with Gasteiger partial charge in [-0.15, -0.1) is 0 Å². The van der Waals surface area contributed by atoms with Gasteiger partial charge >= 0.3 is 0 Å². The molecule has 0 atom stereocenters. The van der Waals surface area contributed by atoms with Gasteiger partial charge in [0.15, 0.2) is 0 Å². The van der Waals surface area contributed by atoms with Gasteiger partial charge in [0.05, 0.1) is 19.8 Å². The van der Waals surface area contributed by atoms with Crippen molar-refractivity contribution in [2.24, 2.45) is 0 Å². The molecule has 1 heterocycles. The molecule has 1 aromatic heterocycles. The maximum atomic E-state index is 9.45. The molecule has 20 heavy (non-hydrogen) atoms. The number of methoxy groups -OCH3 is 2. The number of rotatable bonds is 8. The first-order valence-electron chi connectivity index (χ1n) is 6.64. The summed E-state index contributed by atoms with van der Waals surface area (Å²) in [7, 11) is 3.32. The fraction of sp³-hybridized carbons (Fsp3) is 0.467. The monoisotopic (exact) mass is 279 g/mol. The fourth-order valence-electron chi connectivity index (χ4n) is 2.22. The SMILES string of the molecule is COCCOc1ccc2c(c1)cc(CO)n2CCOC. The van der Waals surface area contributed by atoms with Gasteiger partial charge in [-0.3, -0.25) is 0 Å². The van der Waals surface area contributed by atoms with Gasteiger partial charge in [-0.25, -0.2) is 0 Å². The van der Waals surface area contributed by atoms with Crippen LogP contribution in [0.25, 0.3) is 10.9 Å². The van der Waals surface area contributed by atoms with E-state index in [1.165, 1.54) is 0 Å². The number of nitrogens with zero attached hydrogens (tertiary/aromatic N) is 1. The molecule has 0 radical (unpaired) electrons. The molecule has 1 aromatic carbocycles. The largest absolute Gasteiger partial charge is 0.491 e. The van der Waals surface area contributed by atoms with Crippen molar-refractivity contribution in [3.63, 3.8) is 0 Å². The van der Waals surface area contributed by atoms with E-state index in [4.69, 9.17) is 14.2 Å². The first-order chi connectivity index (χ1) is 9.80. The van der Waals surface area contributed by atoms with Crippen molar-refractivity contribution in [3.05, 3.63) is 30.0 Å². The molecule has 0 saturated heterocycles. The highest BCUT2D eigenvalue weighted by molar-refractivity contribution is 5.82. The van der Waals surface area contributed by atoms with Gasteiger partial charge in [-0.1, -0.05) is 0 Å². The normalized spacial score (nSPS) is 11.2. The van der Waals surface area contributed by atoms with E-state index in [-0.39, 0.29) is 6.61 Å². The molecule has 0 spiro atoms. The Morgan fingerprint density at radius 3 is 2.55 bits per heavy atom. The van der Waals surface area contributed by atoms with Gasteiger partial charge in [-0.2, -0.15) is 0 Å². The average molecular weight is 279 g/mol. The second-order valence-electron chi connectivity index (χ2n) is 4.50. The second kappa shape index (κ2) is 7.28. The molecule has 0 unspecified atom stereocenters. The van der Waals surface area contributed by atoms with Crippen LogP contribution < -0.4 is 4.74 Å². The van der Waals surface area contributed by atoms with Gasteiger partial charge in [0.2, 0.25) is 0 Å². The van der Waals surface area contributed by atoms with Crippen LogP contribution in [0.1, 0.15) is 5.69 Å². The minimum atomic E-state index is 0.0122. The van der Waals surface area contributed by atoms with Crippen LogP contribution in [-0.4, -0.2) is 43.7 Å². The number of aliphatic hydroxyl groups excluding tert-OH is 1. The van der Waals surface area contributed by atoms with Crippen molar-refractivity contribution in [1.29, 1.82) is 0 Å². The fourth-order valence-corrected chi connectivity index (χ4v) is 2.22. The summed E-state index contributed by atoms with van der Waals surface area (Å²) in [6, 6.07) is 7.90. The molecule has 1 N–H and O–H groups in total. The Kier molecular flexibility index (Phi) is 5.40. The standard InChI is InChI=1S/C15H21NO4/c1-18-6-5-16-13(11-17)9-12-10-14(3-4-15(12)16)20-8-7-19-2/h3-4,9-10,17H,5-8,11H2,1-2H3. The number of aromatic nitrogens is 1. The summed E-state index contributed by atoms with van der Waals surface area (Å²) in [6.07, 6.45) is 0. The summed E-state index contributed by atoms with van der Waals surface area (Å²) in [6.45, 7) is 2.44. The van der Waals surface area contributed by atoms with Crippen LogP contribution in [0.4, 0.5) is 0 Å². The molecule has 2 rings (SSSR count). The quantitative estimate of drug-likeness (QED) is 0.749. The van der Waals surface area contributed by atoms with Gasteiger partial charge in [0, 0.05) is 37.4 Å². The zero-order chi connectivity index (χ0) is 14.4. The van der Waals surface area contributed by atoms with E-state index in [1.54, 1.807) is 14.2 Å². The number of ether oxygens (including phenoxy) is 3. The van der Waals surface area contributed by atoms with Crippen LogP contribution in [0.15, 0.2) is 24.3 Å². The molecule has 5 heteroatoms. The van der Waals surface area contributed by atoms with Crippen molar-refractivity contribution >= 4 is 10.9 Å². The number of hydrogen-bond acceptors (Lipinski definition) is 4. The average Bonchev–Trinajstić information content (AvgIpc) is 2.82. The summed E-state index contributed by atoms with van der Waals surface area (Å²) in [5.74, 6) is 0.808. The third-order valence-corrected chi connectivity index (χ3v) is 3.20. The molecular weight excluding hydrogens is 258 g/mol. The van der Waals surface area contributed by atoms with Crippen LogP contribution in [0.5, 0.6) is 5.75 Å². The lowest BCUT2D eigenvalue weighted by Crippen LogP contribution is -2.07. The van der Waals surface area contributed by atoms with Crippen molar-refractivity contribution in [2.75, 3.05) is 34.0 Å². The molecule has 5 nitrogen and oxygen atoms in total. The summed E-state index contributed by atoms with van der Waals surface area (Å²) < 4.78 is 17.7. The van der Waals surface area contributed by atoms with E-state index in [0.717, 1.165) is 28.9 Å². The molecule has 0 amide bonds. The zero-order valence-corrected chi connectivity index (χ0v) is 12.0. The number of aliphatic hydroxyl groups is 1. The van der Waals surface area contributed by atoms with Gasteiger partial charge in [0.25, 0.3) is 0 Å². The molecule has 0 fully saturated rings. The molecule has 0 aliphatic rings. The van der Waals surface area contributed by atoms with E-state index >= 15 is 0 Å². The molecule has 0 bridgehead atoms. The van der Waals surface area contributed by atoms with Crippen LogP contribution in [-0.2, 0) is 22.6 Å². The van der Waals surface area contributed by atoms with E-state index in [0.29, 0.717) is 19.8 Å². The summed E-state index contributed by atoms with van der Waals surface area (Å²) in [5, 5.41) is 10.5. The number of hydrogen-bond donors (Lipinski definition) is 1. The lowest BCUT2D eigenvalue weighted by molar-refractivity contribution is 0.146. The molecule has 110 valence electrons. The smallest absolute Gasteiger partial charge is 0.120 e. The van der Waals surface area contributed by atoms with E-state index in [1.807, 2.05) is 24.3 Å². The molecule has 0 aliphatic heterocycles. The van der Waals surface area contributed by atoms with Crippen molar-refractivity contribution in [3.8, 4) is 5.75 Å². The topological polar surface area (TPSA) is 52.8 Å². The zero-order valence-electron chi connectivity index (χ0n) is 12.0. The Labute approximate surface area is 118 Å². The summed E-state index contributed by atoms with van der Waals surface area (Å²) >= 11 is 0. The third kappa shape index (κ3) is 3.30. The van der Waals surface area contributed by atoms with Crippen molar-refractivity contribution in [1.82, 2.24) is 4.57 Å². The molecular formula is C15H21NO4.